The molecule has 0 saturated carbocycles. The maximum Gasteiger partial charge on any atom is 0.332 e. The summed E-state index contributed by atoms with van der Waals surface area (Å²) in [7, 11) is 0. The number of aliphatic hydroxyl groups excluding tert-OH is 1. The molecular formula is C4H8N2O4. The van der Waals surface area contributed by atoms with Crippen LogP contribution < -0.4 is 11.2 Å². The molecule has 0 bridgehead atoms. The topological polar surface area (TPSA) is 102 Å². The first-order chi connectivity index (χ1) is 4.68. The van der Waals surface area contributed by atoms with E-state index in [1.54, 1.807) is 5.48 Å². The van der Waals surface area contributed by atoms with Crippen LogP contribution >= 0.6 is 0 Å². The normalized spacial score (nSPS) is 8.90. The molecule has 10 heavy (non-hydrogen) atoms. The molecule has 6 heteroatoms. The molecule has 0 heterocycles. The standard InChI is InChI=1S/C4H8N2O4/c5-3(8)4(9)6-10-2-1-7/h7H,1-2H2,(H2,5,8)(H,6,9). The van der Waals surface area contributed by atoms with Crippen molar-refractivity contribution in [1.82, 2.24) is 5.48 Å². The third-order valence-corrected chi connectivity index (χ3v) is 0.582. The van der Waals surface area contributed by atoms with Crippen LogP contribution in [0.4, 0.5) is 0 Å². The van der Waals surface area contributed by atoms with Crippen molar-refractivity contribution in [3.8, 4) is 0 Å². The van der Waals surface area contributed by atoms with E-state index in [0.717, 1.165) is 0 Å². The Hall–Kier alpha value is -1.14. The van der Waals surface area contributed by atoms with E-state index in [1.165, 1.54) is 0 Å². The van der Waals surface area contributed by atoms with Gasteiger partial charge in [-0.1, -0.05) is 0 Å². The van der Waals surface area contributed by atoms with E-state index < -0.39 is 11.8 Å². The van der Waals surface area contributed by atoms with Crippen molar-refractivity contribution < 1.29 is 19.5 Å². The summed E-state index contributed by atoms with van der Waals surface area (Å²) >= 11 is 0. The Kier molecular flexibility index (Phi) is 4.17. The van der Waals surface area contributed by atoms with Crippen molar-refractivity contribution in [3.05, 3.63) is 0 Å². The quantitative estimate of drug-likeness (QED) is 0.234. The first-order valence-electron chi connectivity index (χ1n) is 2.51. The van der Waals surface area contributed by atoms with Crippen molar-refractivity contribution in [1.29, 1.82) is 0 Å². The van der Waals surface area contributed by atoms with Crippen LogP contribution in [-0.4, -0.2) is 30.1 Å². The van der Waals surface area contributed by atoms with Crippen molar-refractivity contribution in [2.24, 2.45) is 5.73 Å². The second-order valence-corrected chi connectivity index (χ2v) is 1.37. The molecule has 0 aromatic heterocycles. The second kappa shape index (κ2) is 4.71. The largest absolute Gasteiger partial charge is 0.394 e. The van der Waals surface area contributed by atoms with Crippen LogP contribution in [0.5, 0.6) is 0 Å². The molecule has 0 aliphatic heterocycles. The molecular weight excluding hydrogens is 140 g/mol. The average Bonchev–Trinajstić information content (AvgIpc) is 1.88. The number of primary amides is 1. The van der Waals surface area contributed by atoms with E-state index in [2.05, 4.69) is 10.6 Å². The van der Waals surface area contributed by atoms with Crippen molar-refractivity contribution in [2.75, 3.05) is 13.2 Å². The fraction of sp³-hybridized carbons (Fsp3) is 0.500. The van der Waals surface area contributed by atoms with E-state index in [4.69, 9.17) is 5.11 Å². The number of amides is 2. The first-order valence-corrected chi connectivity index (χ1v) is 2.51. The van der Waals surface area contributed by atoms with Gasteiger partial charge >= 0.3 is 11.8 Å². The van der Waals surface area contributed by atoms with Gasteiger partial charge in [-0.2, -0.15) is 0 Å². The Morgan fingerprint density at radius 3 is 2.60 bits per heavy atom. The molecule has 0 aromatic carbocycles. The Labute approximate surface area is 56.9 Å². The summed E-state index contributed by atoms with van der Waals surface area (Å²) in [5.41, 5.74) is 6.23. The molecule has 0 atom stereocenters. The zero-order valence-corrected chi connectivity index (χ0v) is 5.16. The zero-order valence-electron chi connectivity index (χ0n) is 5.16. The Morgan fingerprint density at radius 2 is 2.20 bits per heavy atom. The number of aliphatic hydroxyl groups is 1. The van der Waals surface area contributed by atoms with E-state index in [1.807, 2.05) is 0 Å². The van der Waals surface area contributed by atoms with E-state index in [9.17, 15) is 9.59 Å². The lowest BCUT2D eigenvalue weighted by Gasteiger charge is -1.99. The van der Waals surface area contributed by atoms with E-state index in [0.29, 0.717) is 0 Å². The molecule has 6 nitrogen and oxygen atoms in total. The highest BCUT2D eigenvalue weighted by molar-refractivity contribution is 6.34. The summed E-state index contributed by atoms with van der Waals surface area (Å²) in [5, 5.41) is 8.13. The van der Waals surface area contributed by atoms with Crippen LogP contribution in [-0.2, 0) is 14.4 Å². The molecule has 4 N–H and O–H groups in total. The number of carbonyl (C=O) groups is 2. The minimum atomic E-state index is -1.13. The molecule has 0 unspecified atom stereocenters. The maximum absolute atomic E-state index is 10.2. The first kappa shape index (κ1) is 8.86. The van der Waals surface area contributed by atoms with Crippen molar-refractivity contribution in [3.63, 3.8) is 0 Å². The van der Waals surface area contributed by atoms with E-state index >= 15 is 0 Å². The molecule has 0 fully saturated rings. The molecule has 0 spiro atoms. The molecule has 0 saturated heterocycles. The summed E-state index contributed by atoms with van der Waals surface area (Å²) < 4.78 is 0. The SMILES string of the molecule is NC(=O)C(=O)NOCCO. The lowest BCUT2D eigenvalue weighted by atomic mass is 10.6. The third-order valence-electron chi connectivity index (χ3n) is 0.582. The highest BCUT2D eigenvalue weighted by Gasteiger charge is 2.06. The number of hydroxylamine groups is 1. The van der Waals surface area contributed by atoms with Gasteiger partial charge in [-0.3, -0.25) is 14.4 Å². The minimum Gasteiger partial charge on any atom is -0.394 e. The number of hydrogen-bond donors (Lipinski definition) is 3. The number of nitrogens with two attached hydrogens (primary N) is 1. The fourth-order valence-corrected chi connectivity index (χ4v) is 0.213. The number of hydrogen-bond acceptors (Lipinski definition) is 4. The van der Waals surface area contributed by atoms with Gasteiger partial charge in [0.25, 0.3) is 0 Å². The van der Waals surface area contributed by atoms with Gasteiger partial charge in [0.05, 0.1) is 13.2 Å². The van der Waals surface area contributed by atoms with E-state index in [-0.39, 0.29) is 13.2 Å². The Morgan fingerprint density at radius 1 is 1.60 bits per heavy atom. The van der Waals surface area contributed by atoms with Crippen LogP contribution in [0.2, 0.25) is 0 Å². The third kappa shape index (κ3) is 3.81. The predicted octanol–water partition coefficient (Wildman–Crippen LogP) is -2.49. The lowest BCUT2D eigenvalue weighted by Crippen LogP contribution is -2.36. The van der Waals surface area contributed by atoms with Crippen LogP contribution in [0.15, 0.2) is 0 Å². The van der Waals surface area contributed by atoms with Crippen LogP contribution in [0.3, 0.4) is 0 Å². The monoisotopic (exact) mass is 148 g/mol. The number of rotatable bonds is 3. The summed E-state index contributed by atoms with van der Waals surface area (Å²) in [6.45, 7) is -0.307. The highest BCUT2D eigenvalue weighted by Crippen LogP contribution is 1.66. The Balaban J connectivity index is 3.31. The molecule has 0 aliphatic carbocycles. The van der Waals surface area contributed by atoms with Gasteiger partial charge in [-0.25, -0.2) is 5.48 Å². The molecule has 0 aromatic rings. The van der Waals surface area contributed by atoms with Gasteiger partial charge < -0.3 is 10.8 Å². The zero-order chi connectivity index (χ0) is 7.98. The van der Waals surface area contributed by atoms with Crippen LogP contribution in [0, 0.1) is 0 Å². The summed E-state index contributed by atoms with van der Waals surface area (Å²) in [6, 6.07) is 0. The van der Waals surface area contributed by atoms with Crippen molar-refractivity contribution >= 4 is 11.8 Å². The van der Waals surface area contributed by atoms with Gasteiger partial charge in [0, 0.05) is 0 Å². The molecule has 0 rings (SSSR count). The van der Waals surface area contributed by atoms with Crippen LogP contribution in [0.25, 0.3) is 0 Å². The molecule has 58 valence electrons. The summed E-state index contributed by atoms with van der Waals surface area (Å²) in [4.78, 5) is 24.4. The lowest BCUT2D eigenvalue weighted by molar-refractivity contribution is -0.145. The predicted molar refractivity (Wildman–Crippen MR) is 30.4 cm³/mol. The molecule has 0 aliphatic rings. The summed E-state index contributed by atoms with van der Waals surface area (Å²) in [6.07, 6.45) is 0. The smallest absolute Gasteiger partial charge is 0.332 e. The molecule has 2 amide bonds. The van der Waals surface area contributed by atoms with Gasteiger partial charge in [0.15, 0.2) is 0 Å². The highest BCUT2D eigenvalue weighted by atomic mass is 16.7. The molecule has 0 radical (unpaired) electrons. The van der Waals surface area contributed by atoms with Crippen molar-refractivity contribution in [2.45, 2.75) is 0 Å². The number of carbonyl (C=O) groups excluding carboxylic acids is 2. The van der Waals surface area contributed by atoms with Gasteiger partial charge in [-0.05, 0) is 0 Å². The minimum absolute atomic E-state index is 0.0704. The second-order valence-electron chi connectivity index (χ2n) is 1.37. The van der Waals surface area contributed by atoms with Gasteiger partial charge in [-0.15, -0.1) is 0 Å². The maximum atomic E-state index is 10.2. The Bertz CT molecular complexity index is 135. The fourth-order valence-electron chi connectivity index (χ4n) is 0.213. The van der Waals surface area contributed by atoms with Gasteiger partial charge in [0.2, 0.25) is 0 Å². The van der Waals surface area contributed by atoms with Gasteiger partial charge in [0.1, 0.15) is 0 Å². The number of nitrogens with one attached hydrogen (secondary N) is 1. The average molecular weight is 148 g/mol. The van der Waals surface area contributed by atoms with Crippen LogP contribution in [0.1, 0.15) is 0 Å². The summed E-state index contributed by atoms with van der Waals surface area (Å²) in [5.74, 6) is -2.16.